The monoisotopic (exact) mass is 435 g/mol. The minimum absolute atomic E-state index is 0.0431. The second-order valence-electron chi connectivity index (χ2n) is 7.24. The van der Waals surface area contributed by atoms with Gasteiger partial charge in [0.1, 0.15) is 17.5 Å². The van der Waals surface area contributed by atoms with Crippen molar-refractivity contribution in [1.82, 2.24) is 14.9 Å². The van der Waals surface area contributed by atoms with Crippen LogP contribution in [0.3, 0.4) is 0 Å². The number of carboxylic acid groups (broad SMARTS) is 1. The molecule has 2 N–H and O–H groups in total. The number of carboxylic acids is 1. The highest BCUT2D eigenvalue weighted by Crippen LogP contribution is 2.20. The Kier molecular flexibility index (Phi) is 5.93. The lowest BCUT2D eigenvalue weighted by Crippen LogP contribution is -2.27. The molecule has 4 aromatic rings. The van der Waals surface area contributed by atoms with Gasteiger partial charge in [-0.1, -0.05) is 24.3 Å². The van der Waals surface area contributed by atoms with Crippen LogP contribution >= 0.6 is 0 Å². The summed E-state index contributed by atoms with van der Waals surface area (Å²) in [5.41, 5.74) is 2.13. The van der Waals surface area contributed by atoms with Gasteiger partial charge in [0.05, 0.1) is 22.2 Å². The fourth-order valence-electron chi connectivity index (χ4n) is 3.48. The average molecular weight is 435 g/mol. The van der Waals surface area contributed by atoms with Crippen LogP contribution in [0.1, 0.15) is 32.1 Å². The average Bonchev–Trinajstić information content (AvgIpc) is 3.12. The number of fused-ring (bicyclic) bond motifs is 1. The van der Waals surface area contributed by atoms with Crippen LogP contribution in [0.2, 0.25) is 0 Å². The van der Waals surface area contributed by atoms with Crippen LogP contribution in [0.25, 0.3) is 11.0 Å². The molecule has 0 bridgehead atoms. The largest absolute Gasteiger partial charge is 0.478 e. The molecule has 6 nitrogen and oxygen atoms in total. The van der Waals surface area contributed by atoms with Crippen molar-refractivity contribution in [3.63, 3.8) is 0 Å². The molecule has 162 valence electrons. The number of nitrogens with one attached hydrogen (secondary N) is 1. The van der Waals surface area contributed by atoms with Gasteiger partial charge >= 0.3 is 5.97 Å². The first-order valence-electron chi connectivity index (χ1n) is 9.92. The molecule has 3 aromatic carbocycles. The zero-order valence-corrected chi connectivity index (χ0v) is 16.9. The highest BCUT2D eigenvalue weighted by molar-refractivity contribution is 5.94. The normalized spacial score (nSPS) is 10.9. The van der Waals surface area contributed by atoms with Gasteiger partial charge in [0, 0.05) is 19.5 Å². The van der Waals surface area contributed by atoms with Gasteiger partial charge in [0.25, 0.3) is 5.91 Å². The lowest BCUT2D eigenvalue weighted by Gasteiger charge is -2.11. The van der Waals surface area contributed by atoms with Crippen LogP contribution in [-0.2, 0) is 13.0 Å². The predicted octanol–water partition coefficient (Wildman–Crippen LogP) is 4.03. The number of halogens is 2. The van der Waals surface area contributed by atoms with Crippen molar-refractivity contribution in [2.24, 2.45) is 0 Å². The SMILES string of the molecule is O=C(O)c1ccc2c(c1)nc(CCNC(=O)c1ccccc1F)n2Cc1ccc(F)cc1. The van der Waals surface area contributed by atoms with Gasteiger partial charge in [-0.25, -0.2) is 18.6 Å². The van der Waals surface area contributed by atoms with Gasteiger partial charge in [-0.05, 0) is 48.0 Å². The van der Waals surface area contributed by atoms with E-state index >= 15 is 0 Å². The fraction of sp³-hybridized carbons (Fsp3) is 0.125. The molecule has 32 heavy (non-hydrogen) atoms. The highest BCUT2D eigenvalue weighted by atomic mass is 19.1. The van der Waals surface area contributed by atoms with Crippen LogP contribution in [0.4, 0.5) is 8.78 Å². The quantitative estimate of drug-likeness (QED) is 0.459. The van der Waals surface area contributed by atoms with Gasteiger partial charge < -0.3 is 15.0 Å². The predicted molar refractivity (Wildman–Crippen MR) is 115 cm³/mol. The third-order valence-corrected chi connectivity index (χ3v) is 5.08. The van der Waals surface area contributed by atoms with E-state index in [1.165, 1.54) is 42.5 Å². The number of carbonyl (C=O) groups excluding carboxylic acids is 1. The molecule has 0 radical (unpaired) electrons. The summed E-state index contributed by atoms with van der Waals surface area (Å²) in [6.07, 6.45) is 0.332. The van der Waals surface area contributed by atoms with E-state index < -0.39 is 17.7 Å². The third-order valence-electron chi connectivity index (χ3n) is 5.08. The van der Waals surface area contributed by atoms with Crippen LogP contribution < -0.4 is 5.32 Å². The Morgan fingerprint density at radius 1 is 1.00 bits per heavy atom. The number of carbonyl (C=O) groups is 2. The van der Waals surface area contributed by atoms with Crippen molar-refractivity contribution < 1.29 is 23.5 Å². The molecule has 0 fully saturated rings. The van der Waals surface area contributed by atoms with Crippen LogP contribution in [-0.4, -0.2) is 33.1 Å². The van der Waals surface area contributed by atoms with E-state index in [1.54, 1.807) is 24.3 Å². The molecule has 0 saturated carbocycles. The second kappa shape index (κ2) is 8.97. The maximum absolute atomic E-state index is 13.8. The summed E-state index contributed by atoms with van der Waals surface area (Å²) in [5.74, 6) is -1.92. The molecule has 0 atom stereocenters. The third kappa shape index (κ3) is 4.49. The van der Waals surface area contributed by atoms with Crippen LogP contribution in [0.5, 0.6) is 0 Å². The van der Waals surface area contributed by atoms with Gasteiger partial charge in [-0.15, -0.1) is 0 Å². The van der Waals surface area contributed by atoms with E-state index in [0.717, 1.165) is 11.1 Å². The molecule has 0 unspecified atom stereocenters. The van der Waals surface area contributed by atoms with Gasteiger partial charge in [0.2, 0.25) is 0 Å². The number of aromatic nitrogens is 2. The topological polar surface area (TPSA) is 84.2 Å². The summed E-state index contributed by atoms with van der Waals surface area (Å²) in [6.45, 7) is 0.589. The van der Waals surface area contributed by atoms with Crippen molar-refractivity contribution in [3.8, 4) is 0 Å². The first-order valence-corrected chi connectivity index (χ1v) is 9.92. The maximum atomic E-state index is 13.8. The van der Waals surface area contributed by atoms with E-state index in [0.29, 0.717) is 24.3 Å². The number of nitrogens with zero attached hydrogens (tertiary/aromatic N) is 2. The Morgan fingerprint density at radius 2 is 1.75 bits per heavy atom. The molecular formula is C24H19F2N3O3. The molecule has 1 heterocycles. The maximum Gasteiger partial charge on any atom is 0.335 e. The molecule has 0 spiro atoms. The lowest BCUT2D eigenvalue weighted by atomic mass is 10.2. The summed E-state index contributed by atoms with van der Waals surface area (Å²) in [4.78, 5) is 28.2. The van der Waals surface area contributed by atoms with E-state index in [4.69, 9.17) is 0 Å². The van der Waals surface area contributed by atoms with Crippen LogP contribution in [0.15, 0.2) is 66.7 Å². The lowest BCUT2D eigenvalue weighted by molar-refractivity contribution is 0.0696. The van der Waals surface area contributed by atoms with Crippen molar-refractivity contribution in [2.75, 3.05) is 6.54 Å². The molecule has 0 aliphatic rings. The highest BCUT2D eigenvalue weighted by Gasteiger charge is 2.15. The van der Waals surface area contributed by atoms with E-state index in [-0.39, 0.29) is 23.5 Å². The number of rotatable bonds is 7. The molecular weight excluding hydrogens is 416 g/mol. The fourth-order valence-corrected chi connectivity index (χ4v) is 3.48. The van der Waals surface area contributed by atoms with E-state index in [1.807, 2.05) is 4.57 Å². The Labute approximate surface area is 182 Å². The number of hydrogen-bond donors (Lipinski definition) is 2. The molecule has 0 aliphatic heterocycles. The number of amides is 1. The summed E-state index contributed by atoms with van der Waals surface area (Å²) in [6, 6.07) is 16.4. The number of benzene rings is 3. The van der Waals surface area contributed by atoms with Gasteiger partial charge in [0.15, 0.2) is 0 Å². The van der Waals surface area contributed by atoms with Gasteiger partial charge in [-0.2, -0.15) is 0 Å². The Morgan fingerprint density at radius 3 is 2.47 bits per heavy atom. The van der Waals surface area contributed by atoms with Crippen LogP contribution in [0, 0.1) is 11.6 Å². The summed E-state index contributed by atoms with van der Waals surface area (Å²) in [5, 5.41) is 12.0. The summed E-state index contributed by atoms with van der Waals surface area (Å²) >= 11 is 0. The van der Waals surface area contributed by atoms with Crippen molar-refractivity contribution in [1.29, 1.82) is 0 Å². The zero-order chi connectivity index (χ0) is 22.7. The summed E-state index contributed by atoms with van der Waals surface area (Å²) in [7, 11) is 0. The molecule has 0 aliphatic carbocycles. The van der Waals surface area contributed by atoms with E-state index in [9.17, 15) is 23.5 Å². The van der Waals surface area contributed by atoms with Crippen molar-refractivity contribution in [3.05, 3.63) is 101 Å². The Bertz CT molecular complexity index is 1300. The number of hydrogen-bond acceptors (Lipinski definition) is 3. The van der Waals surface area contributed by atoms with Crippen molar-refractivity contribution >= 4 is 22.9 Å². The first-order chi connectivity index (χ1) is 15.4. The minimum Gasteiger partial charge on any atom is -0.478 e. The van der Waals surface area contributed by atoms with Crippen molar-refractivity contribution in [2.45, 2.75) is 13.0 Å². The Hall–Kier alpha value is -4.07. The number of imidazole rings is 1. The smallest absolute Gasteiger partial charge is 0.335 e. The first kappa shape index (κ1) is 21.2. The van der Waals surface area contributed by atoms with E-state index in [2.05, 4.69) is 10.3 Å². The zero-order valence-electron chi connectivity index (χ0n) is 16.9. The standard InChI is InChI=1S/C24H19F2N3O3/c25-17-8-5-15(6-9-17)14-29-21-10-7-16(24(31)32)13-20(21)28-22(29)11-12-27-23(30)18-3-1-2-4-19(18)26/h1-10,13H,11-12,14H2,(H,27,30)(H,31,32). The minimum atomic E-state index is -1.06. The molecule has 8 heteroatoms. The molecule has 1 amide bonds. The molecule has 4 rings (SSSR count). The summed E-state index contributed by atoms with van der Waals surface area (Å²) < 4.78 is 29.0. The number of aromatic carboxylic acids is 1. The Balaban J connectivity index is 1.59. The second-order valence-corrected chi connectivity index (χ2v) is 7.24. The molecule has 0 saturated heterocycles. The molecule has 1 aromatic heterocycles. The van der Waals surface area contributed by atoms with Gasteiger partial charge in [-0.3, -0.25) is 4.79 Å².